The van der Waals surface area contributed by atoms with Crippen molar-refractivity contribution < 1.29 is 0 Å². The summed E-state index contributed by atoms with van der Waals surface area (Å²) in [4.78, 5) is 13.8. The van der Waals surface area contributed by atoms with Gasteiger partial charge in [0.2, 0.25) is 0 Å². The number of pyridine rings is 1. The molecule has 1 aliphatic heterocycles. The van der Waals surface area contributed by atoms with E-state index in [2.05, 4.69) is 40.6 Å². The number of anilines is 1. The van der Waals surface area contributed by atoms with Crippen molar-refractivity contribution in [2.45, 2.75) is 46.3 Å². The monoisotopic (exact) mass is 363 g/mol. The minimum atomic E-state index is 0.193. The van der Waals surface area contributed by atoms with Crippen molar-refractivity contribution in [3.63, 3.8) is 0 Å². The molecule has 0 spiro atoms. The van der Waals surface area contributed by atoms with Crippen molar-refractivity contribution in [2.24, 2.45) is 0 Å². The van der Waals surface area contributed by atoms with E-state index in [-0.39, 0.29) is 6.04 Å². The Morgan fingerprint density at radius 1 is 1.30 bits per heavy atom. The second-order valence-corrected chi connectivity index (χ2v) is 7.14. The Hall–Kier alpha value is -2.80. The van der Waals surface area contributed by atoms with Crippen LogP contribution in [-0.2, 0) is 19.5 Å². The summed E-state index contributed by atoms with van der Waals surface area (Å²) in [5, 5.41) is 11.6. The summed E-state index contributed by atoms with van der Waals surface area (Å²) in [6, 6.07) is 6.20. The van der Waals surface area contributed by atoms with Gasteiger partial charge in [-0.15, -0.1) is 0 Å². The molecule has 3 aromatic rings. The Kier molecular flexibility index (Phi) is 4.85. The van der Waals surface area contributed by atoms with E-state index in [4.69, 9.17) is 9.97 Å². The van der Waals surface area contributed by atoms with Crippen LogP contribution in [0.25, 0.3) is 11.4 Å². The average molecular weight is 363 g/mol. The molecule has 4 rings (SSSR count). The molecule has 0 fully saturated rings. The SMILES string of the molecule is Cc1cc(C)n(CC(C)Nc2nc(-c3cccnc3)nc3c2CCNC3)n1. The van der Waals surface area contributed by atoms with E-state index in [0.717, 1.165) is 48.8 Å². The van der Waals surface area contributed by atoms with E-state index < -0.39 is 0 Å². The first kappa shape index (κ1) is 17.6. The number of aromatic nitrogens is 5. The lowest BCUT2D eigenvalue weighted by Crippen LogP contribution is -2.29. The van der Waals surface area contributed by atoms with Crippen LogP contribution in [0.4, 0.5) is 5.82 Å². The molecule has 4 heterocycles. The fourth-order valence-corrected chi connectivity index (χ4v) is 3.50. The van der Waals surface area contributed by atoms with E-state index in [1.807, 2.05) is 23.7 Å². The second kappa shape index (κ2) is 7.44. The van der Waals surface area contributed by atoms with Crippen LogP contribution in [-0.4, -0.2) is 37.3 Å². The molecule has 2 N–H and O–H groups in total. The van der Waals surface area contributed by atoms with E-state index in [9.17, 15) is 0 Å². The number of nitrogens with zero attached hydrogens (tertiary/aromatic N) is 5. The van der Waals surface area contributed by atoms with Crippen molar-refractivity contribution in [1.82, 2.24) is 30.0 Å². The lowest BCUT2D eigenvalue weighted by molar-refractivity contribution is 0.542. The van der Waals surface area contributed by atoms with Crippen molar-refractivity contribution in [3.8, 4) is 11.4 Å². The van der Waals surface area contributed by atoms with Crippen LogP contribution in [0, 0.1) is 13.8 Å². The van der Waals surface area contributed by atoms with Crippen LogP contribution in [0.1, 0.15) is 29.6 Å². The molecule has 1 unspecified atom stereocenters. The Morgan fingerprint density at radius 3 is 2.93 bits per heavy atom. The first-order valence-corrected chi connectivity index (χ1v) is 9.38. The van der Waals surface area contributed by atoms with Crippen molar-refractivity contribution in [2.75, 3.05) is 11.9 Å². The predicted molar refractivity (Wildman–Crippen MR) is 105 cm³/mol. The zero-order valence-electron chi connectivity index (χ0n) is 16.0. The van der Waals surface area contributed by atoms with Gasteiger partial charge >= 0.3 is 0 Å². The summed E-state index contributed by atoms with van der Waals surface area (Å²) in [7, 11) is 0. The number of hydrogen-bond donors (Lipinski definition) is 2. The summed E-state index contributed by atoms with van der Waals surface area (Å²) in [6.07, 6.45) is 4.50. The number of rotatable bonds is 5. The largest absolute Gasteiger partial charge is 0.365 e. The standard InChI is InChI=1S/C20H25N7/c1-13-9-15(3)27(26-13)12-14(2)23-20-17-6-8-22-11-18(17)24-19(25-20)16-5-4-7-21-10-16/h4-5,7,9-10,14,22H,6,8,11-12H2,1-3H3,(H,23,24,25). The first-order chi connectivity index (χ1) is 13.1. The normalized spacial score (nSPS) is 14.6. The molecule has 140 valence electrons. The summed E-state index contributed by atoms with van der Waals surface area (Å²) >= 11 is 0. The first-order valence-electron chi connectivity index (χ1n) is 9.38. The van der Waals surface area contributed by atoms with Crippen LogP contribution in [0.3, 0.4) is 0 Å². The van der Waals surface area contributed by atoms with Gasteiger partial charge in [0.25, 0.3) is 0 Å². The molecule has 27 heavy (non-hydrogen) atoms. The molecular formula is C20H25N7. The number of aryl methyl sites for hydroxylation is 2. The van der Waals surface area contributed by atoms with Gasteiger partial charge in [-0.2, -0.15) is 5.10 Å². The quantitative estimate of drug-likeness (QED) is 0.725. The third kappa shape index (κ3) is 3.83. The maximum atomic E-state index is 4.85. The van der Waals surface area contributed by atoms with Crippen LogP contribution >= 0.6 is 0 Å². The topological polar surface area (TPSA) is 80.5 Å². The highest BCUT2D eigenvalue weighted by Gasteiger charge is 2.20. The van der Waals surface area contributed by atoms with Gasteiger partial charge in [-0.1, -0.05) is 0 Å². The van der Waals surface area contributed by atoms with Gasteiger partial charge in [-0.3, -0.25) is 9.67 Å². The van der Waals surface area contributed by atoms with Gasteiger partial charge in [0, 0.05) is 41.8 Å². The molecule has 7 nitrogen and oxygen atoms in total. The minimum Gasteiger partial charge on any atom is -0.365 e. The third-order valence-electron chi connectivity index (χ3n) is 4.79. The molecule has 0 aromatic carbocycles. The molecule has 0 saturated heterocycles. The molecular weight excluding hydrogens is 338 g/mol. The smallest absolute Gasteiger partial charge is 0.163 e. The zero-order valence-corrected chi connectivity index (χ0v) is 16.0. The summed E-state index contributed by atoms with van der Waals surface area (Å²) in [6.45, 7) is 8.78. The molecule has 0 radical (unpaired) electrons. The van der Waals surface area contributed by atoms with Crippen molar-refractivity contribution >= 4 is 5.82 Å². The Balaban J connectivity index is 1.63. The maximum absolute atomic E-state index is 4.85. The molecule has 0 bridgehead atoms. The fraction of sp³-hybridized carbons (Fsp3) is 0.400. The Morgan fingerprint density at radius 2 is 2.19 bits per heavy atom. The second-order valence-electron chi connectivity index (χ2n) is 7.14. The van der Waals surface area contributed by atoms with Gasteiger partial charge in [-0.05, 0) is 51.9 Å². The summed E-state index contributed by atoms with van der Waals surface area (Å²) < 4.78 is 2.05. The lowest BCUT2D eigenvalue weighted by atomic mass is 10.1. The molecule has 0 aliphatic carbocycles. The average Bonchev–Trinajstić information content (AvgIpc) is 2.99. The number of hydrogen-bond acceptors (Lipinski definition) is 6. The molecule has 1 aliphatic rings. The molecule has 7 heteroatoms. The van der Waals surface area contributed by atoms with E-state index in [1.54, 1.807) is 12.4 Å². The van der Waals surface area contributed by atoms with Crippen molar-refractivity contribution in [1.29, 1.82) is 0 Å². The Labute approximate surface area is 159 Å². The molecule has 0 saturated carbocycles. The Bertz CT molecular complexity index is 933. The van der Waals surface area contributed by atoms with Gasteiger partial charge in [0.15, 0.2) is 5.82 Å². The van der Waals surface area contributed by atoms with E-state index >= 15 is 0 Å². The molecule has 0 amide bonds. The van der Waals surface area contributed by atoms with Gasteiger partial charge in [0.05, 0.1) is 17.9 Å². The van der Waals surface area contributed by atoms with Gasteiger partial charge in [-0.25, -0.2) is 9.97 Å². The predicted octanol–water partition coefficient (Wildman–Crippen LogP) is 2.50. The number of fused-ring (bicyclic) bond motifs is 1. The van der Waals surface area contributed by atoms with Crippen LogP contribution in [0.15, 0.2) is 30.6 Å². The third-order valence-corrected chi connectivity index (χ3v) is 4.79. The maximum Gasteiger partial charge on any atom is 0.163 e. The van der Waals surface area contributed by atoms with Crippen LogP contribution < -0.4 is 10.6 Å². The highest BCUT2D eigenvalue weighted by molar-refractivity contribution is 5.59. The highest BCUT2D eigenvalue weighted by Crippen LogP contribution is 2.25. The number of nitrogens with one attached hydrogen (secondary N) is 2. The zero-order chi connectivity index (χ0) is 18.8. The van der Waals surface area contributed by atoms with Crippen LogP contribution in [0.5, 0.6) is 0 Å². The molecule has 1 atom stereocenters. The van der Waals surface area contributed by atoms with Crippen LogP contribution in [0.2, 0.25) is 0 Å². The summed E-state index contributed by atoms with van der Waals surface area (Å²) in [5.74, 6) is 1.64. The minimum absolute atomic E-state index is 0.193. The van der Waals surface area contributed by atoms with Gasteiger partial charge in [0.1, 0.15) is 5.82 Å². The summed E-state index contributed by atoms with van der Waals surface area (Å²) in [5.41, 5.74) is 5.42. The van der Waals surface area contributed by atoms with E-state index in [0.29, 0.717) is 5.82 Å². The highest BCUT2D eigenvalue weighted by atomic mass is 15.3. The fourth-order valence-electron chi connectivity index (χ4n) is 3.50. The van der Waals surface area contributed by atoms with Crippen molar-refractivity contribution in [3.05, 3.63) is 53.2 Å². The molecule has 3 aromatic heterocycles. The van der Waals surface area contributed by atoms with E-state index in [1.165, 1.54) is 11.3 Å². The van der Waals surface area contributed by atoms with Gasteiger partial charge < -0.3 is 10.6 Å². The lowest BCUT2D eigenvalue weighted by Gasteiger charge is -2.23.